The molecule has 0 saturated carbocycles. The first-order chi connectivity index (χ1) is 11.3. The zero-order valence-electron chi connectivity index (χ0n) is 13.3. The van der Waals surface area contributed by atoms with E-state index in [9.17, 15) is 4.79 Å². The van der Waals surface area contributed by atoms with Gasteiger partial charge in [0, 0.05) is 29.4 Å². The molecule has 2 aromatic heterocycles. The van der Waals surface area contributed by atoms with Gasteiger partial charge in [-0.3, -0.25) is 14.7 Å². The van der Waals surface area contributed by atoms with Gasteiger partial charge in [-0.1, -0.05) is 18.9 Å². The molecule has 1 saturated heterocycles. The largest absolute Gasteiger partial charge is 0.350 e. The summed E-state index contributed by atoms with van der Waals surface area (Å²) in [4.78, 5) is 20.1. The molecule has 1 fully saturated rings. The number of carbonyl (C=O) groups excluding carboxylic acids is 1. The molecule has 122 valence electrons. The maximum atomic E-state index is 12.3. The number of nitrogens with zero attached hydrogens (tertiary/aromatic N) is 2. The van der Waals surface area contributed by atoms with Crippen molar-refractivity contribution >= 4 is 17.2 Å². The van der Waals surface area contributed by atoms with Crippen LogP contribution >= 0.6 is 11.3 Å². The van der Waals surface area contributed by atoms with Crippen LogP contribution in [0.4, 0.5) is 0 Å². The predicted molar refractivity (Wildman–Crippen MR) is 93.7 cm³/mol. The molecule has 1 unspecified atom stereocenters. The SMILES string of the molecule is O=C(NCC(c1cccs1)N1CCCCCC1)c1ccncc1. The van der Waals surface area contributed by atoms with Crippen molar-refractivity contribution < 1.29 is 4.79 Å². The van der Waals surface area contributed by atoms with E-state index in [1.165, 1.54) is 30.6 Å². The number of rotatable bonds is 5. The summed E-state index contributed by atoms with van der Waals surface area (Å²) in [7, 11) is 0. The van der Waals surface area contributed by atoms with Crippen molar-refractivity contribution in [3.05, 3.63) is 52.5 Å². The molecule has 0 bridgehead atoms. The Balaban J connectivity index is 1.67. The van der Waals surface area contributed by atoms with Crippen molar-refractivity contribution in [2.45, 2.75) is 31.7 Å². The van der Waals surface area contributed by atoms with Crippen LogP contribution in [0.1, 0.15) is 47.0 Å². The zero-order valence-corrected chi connectivity index (χ0v) is 14.1. The molecule has 3 rings (SSSR count). The molecule has 5 heteroatoms. The highest BCUT2D eigenvalue weighted by Gasteiger charge is 2.23. The van der Waals surface area contributed by atoms with Crippen molar-refractivity contribution in [1.29, 1.82) is 0 Å². The quantitative estimate of drug-likeness (QED) is 0.913. The summed E-state index contributed by atoms with van der Waals surface area (Å²) in [6.07, 6.45) is 8.44. The fourth-order valence-corrected chi connectivity index (χ4v) is 3.95. The van der Waals surface area contributed by atoms with Crippen molar-refractivity contribution in [3.8, 4) is 0 Å². The molecule has 2 aromatic rings. The highest BCUT2D eigenvalue weighted by Crippen LogP contribution is 2.27. The van der Waals surface area contributed by atoms with Crippen molar-refractivity contribution in [2.75, 3.05) is 19.6 Å². The number of pyridine rings is 1. The van der Waals surface area contributed by atoms with E-state index < -0.39 is 0 Å². The van der Waals surface area contributed by atoms with Gasteiger partial charge < -0.3 is 5.32 Å². The molecule has 0 aliphatic carbocycles. The van der Waals surface area contributed by atoms with E-state index in [2.05, 4.69) is 32.7 Å². The third-order valence-corrected chi connectivity index (χ3v) is 5.33. The van der Waals surface area contributed by atoms with E-state index in [4.69, 9.17) is 0 Å². The van der Waals surface area contributed by atoms with Gasteiger partial charge in [0.1, 0.15) is 0 Å². The minimum Gasteiger partial charge on any atom is -0.350 e. The van der Waals surface area contributed by atoms with Crippen molar-refractivity contribution in [3.63, 3.8) is 0 Å². The number of hydrogen-bond acceptors (Lipinski definition) is 4. The van der Waals surface area contributed by atoms with E-state index in [0.29, 0.717) is 12.1 Å². The maximum absolute atomic E-state index is 12.3. The molecule has 1 atom stereocenters. The van der Waals surface area contributed by atoms with Crippen LogP contribution in [0, 0.1) is 0 Å². The lowest BCUT2D eigenvalue weighted by atomic mass is 10.1. The Morgan fingerprint density at radius 3 is 2.57 bits per heavy atom. The minimum absolute atomic E-state index is 0.0243. The highest BCUT2D eigenvalue weighted by molar-refractivity contribution is 7.10. The van der Waals surface area contributed by atoms with E-state index in [0.717, 1.165) is 13.1 Å². The lowest BCUT2D eigenvalue weighted by Gasteiger charge is -2.30. The summed E-state index contributed by atoms with van der Waals surface area (Å²) in [5.41, 5.74) is 0.667. The topological polar surface area (TPSA) is 45.2 Å². The molecule has 1 amide bonds. The average molecular weight is 329 g/mol. The molecule has 1 N–H and O–H groups in total. The summed E-state index contributed by atoms with van der Waals surface area (Å²) in [6.45, 7) is 2.89. The Labute approximate surface area is 141 Å². The molecule has 3 heterocycles. The Hall–Kier alpha value is -1.72. The Morgan fingerprint density at radius 2 is 1.91 bits per heavy atom. The monoisotopic (exact) mass is 329 g/mol. The third-order valence-electron chi connectivity index (χ3n) is 4.35. The number of likely N-dealkylation sites (tertiary alicyclic amines) is 1. The van der Waals surface area contributed by atoms with Crippen LogP contribution < -0.4 is 5.32 Å². The normalized spacial score (nSPS) is 17.4. The molecule has 1 aliphatic rings. The number of carbonyl (C=O) groups is 1. The fraction of sp³-hybridized carbons (Fsp3) is 0.444. The number of thiophene rings is 1. The molecule has 4 nitrogen and oxygen atoms in total. The van der Waals surface area contributed by atoms with Gasteiger partial charge in [-0.15, -0.1) is 11.3 Å². The smallest absolute Gasteiger partial charge is 0.251 e. The Morgan fingerprint density at radius 1 is 1.17 bits per heavy atom. The average Bonchev–Trinajstić information content (AvgIpc) is 2.99. The Bertz CT molecular complexity index is 592. The second-order valence-electron chi connectivity index (χ2n) is 5.93. The third kappa shape index (κ3) is 4.39. The fourth-order valence-electron chi connectivity index (χ4n) is 3.09. The van der Waals surface area contributed by atoms with E-state index in [1.807, 2.05) is 0 Å². The van der Waals surface area contributed by atoms with Crippen LogP contribution in [0.5, 0.6) is 0 Å². The van der Waals surface area contributed by atoms with Gasteiger partial charge in [-0.25, -0.2) is 0 Å². The molecular formula is C18H23N3OS. The standard InChI is InChI=1S/C18H23N3OS/c22-18(15-7-9-19-10-8-15)20-14-16(17-6-5-13-23-17)21-11-3-1-2-4-12-21/h5-10,13,16H,1-4,11-12,14H2,(H,20,22). The first-order valence-electron chi connectivity index (χ1n) is 8.30. The van der Waals surface area contributed by atoms with Gasteiger partial charge in [-0.05, 0) is 49.5 Å². The number of amides is 1. The molecular weight excluding hydrogens is 306 g/mol. The minimum atomic E-state index is -0.0243. The predicted octanol–water partition coefficient (Wildman–Crippen LogP) is 3.49. The lowest BCUT2D eigenvalue weighted by Crippen LogP contribution is -2.38. The summed E-state index contributed by atoms with van der Waals surface area (Å²) in [6, 6.07) is 8.05. The van der Waals surface area contributed by atoms with Crippen molar-refractivity contribution in [1.82, 2.24) is 15.2 Å². The van der Waals surface area contributed by atoms with Gasteiger partial charge in [0.25, 0.3) is 5.91 Å². The number of aromatic nitrogens is 1. The van der Waals surface area contributed by atoms with Crippen LogP contribution in [-0.2, 0) is 0 Å². The van der Waals surface area contributed by atoms with E-state index in [-0.39, 0.29) is 11.9 Å². The van der Waals surface area contributed by atoms with Gasteiger partial charge in [0.15, 0.2) is 0 Å². The van der Waals surface area contributed by atoms with E-state index in [1.54, 1.807) is 35.9 Å². The van der Waals surface area contributed by atoms with Gasteiger partial charge >= 0.3 is 0 Å². The van der Waals surface area contributed by atoms with Crippen LogP contribution in [0.3, 0.4) is 0 Å². The van der Waals surface area contributed by atoms with Crippen molar-refractivity contribution in [2.24, 2.45) is 0 Å². The van der Waals surface area contributed by atoms with Gasteiger partial charge in [-0.2, -0.15) is 0 Å². The maximum Gasteiger partial charge on any atom is 0.251 e. The van der Waals surface area contributed by atoms with Crippen LogP contribution in [-0.4, -0.2) is 35.4 Å². The summed E-state index contributed by atoms with van der Waals surface area (Å²) in [5, 5.41) is 5.22. The number of hydrogen-bond donors (Lipinski definition) is 1. The van der Waals surface area contributed by atoms with Crippen LogP contribution in [0.2, 0.25) is 0 Å². The lowest BCUT2D eigenvalue weighted by molar-refractivity contribution is 0.0934. The van der Waals surface area contributed by atoms with Gasteiger partial charge in [0.05, 0.1) is 6.04 Å². The second kappa shape index (κ2) is 8.22. The van der Waals surface area contributed by atoms with Crippen LogP contribution in [0.25, 0.3) is 0 Å². The summed E-state index contributed by atoms with van der Waals surface area (Å²) < 4.78 is 0. The molecule has 1 aliphatic heterocycles. The molecule has 23 heavy (non-hydrogen) atoms. The highest BCUT2D eigenvalue weighted by atomic mass is 32.1. The molecule has 0 radical (unpaired) electrons. The van der Waals surface area contributed by atoms with E-state index >= 15 is 0 Å². The van der Waals surface area contributed by atoms with Gasteiger partial charge in [0.2, 0.25) is 0 Å². The summed E-state index contributed by atoms with van der Waals surface area (Å²) >= 11 is 1.78. The second-order valence-corrected chi connectivity index (χ2v) is 6.91. The first kappa shape index (κ1) is 16.1. The molecule has 0 aromatic carbocycles. The molecule has 0 spiro atoms. The first-order valence-corrected chi connectivity index (χ1v) is 9.18. The van der Waals surface area contributed by atoms with Crippen LogP contribution in [0.15, 0.2) is 42.0 Å². The number of nitrogens with one attached hydrogen (secondary N) is 1. The Kier molecular flexibility index (Phi) is 5.77. The zero-order chi connectivity index (χ0) is 15.9. The summed E-state index contributed by atoms with van der Waals surface area (Å²) in [5.74, 6) is -0.0243.